The van der Waals surface area contributed by atoms with Gasteiger partial charge < -0.3 is 15.3 Å². The van der Waals surface area contributed by atoms with Crippen molar-refractivity contribution in [2.75, 3.05) is 27.2 Å². The molecule has 7 nitrogen and oxygen atoms in total. The van der Waals surface area contributed by atoms with Gasteiger partial charge in [-0.05, 0) is 43.9 Å². The van der Waals surface area contributed by atoms with Crippen LogP contribution in [0.2, 0.25) is 5.02 Å². The molecule has 27 heavy (non-hydrogen) atoms. The molecule has 0 spiro atoms. The predicted octanol–water partition coefficient (Wildman–Crippen LogP) is 3.09. The van der Waals surface area contributed by atoms with Gasteiger partial charge in [0.2, 0.25) is 0 Å². The Bertz CT molecular complexity index is 941. The van der Waals surface area contributed by atoms with Gasteiger partial charge in [-0.15, -0.1) is 0 Å². The first-order chi connectivity index (χ1) is 13.0. The number of carbonyl (C=O) groups is 1. The van der Waals surface area contributed by atoms with Crippen molar-refractivity contribution < 1.29 is 9.90 Å². The number of carbonyl (C=O) groups excluding carboxylic acids is 1. The van der Waals surface area contributed by atoms with Crippen LogP contribution in [0.1, 0.15) is 0 Å². The second kappa shape index (κ2) is 8.20. The number of nitrogens with zero attached hydrogens (tertiary/aromatic N) is 4. The number of likely N-dealkylation sites (N-methyl/N-ethyl adjacent to an activating group) is 1. The molecule has 2 heterocycles. The van der Waals surface area contributed by atoms with Crippen molar-refractivity contribution in [1.29, 1.82) is 0 Å². The van der Waals surface area contributed by atoms with Crippen molar-refractivity contribution in [2.45, 2.75) is 0 Å². The van der Waals surface area contributed by atoms with Crippen LogP contribution in [0.4, 0.5) is 4.79 Å². The molecule has 0 unspecified atom stereocenters. The molecule has 140 valence electrons. The van der Waals surface area contributed by atoms with E-state index in [0.29, 0.717) is 17.8 Å². The van der Waals surface area contributed by atoms with Gasteiger partial charge in [-0.25, -0.2) is 4.79 Å². The average molecular weight is 386 g/mol. The van der Waals surface area contributed by atoms with Crippen LogP contribution in [0.5, 0.6) is 5.75 Å². The first-order valence-electron chi connectivity index (χ1n) is 8.37. The summed E-state index contributed by atoms with van der Waals surface area (Å²) in [5.74, 6) is -0.0418. The van der Waals surface area contributed by atoms with Gasteiger partial charge in [0.15, 0.2) is 0 Å². The monoisotopic (exact) mass is 385 g/mol. The number of pyridine rings is 1. The molecule has 8 heteroatoms. The van der Waals surface area contributed by atoms with Gasteiger partial charge in [0, 0.05) is 42.8 Å². The number of hydrogen-bond donors (Lipinski definition) is 2. The second-order valence-electron chi connectivity index (χ2n) is 6.27. The molecule has 3 rings (SSSR count). The average Bonchev–Trinajstić information content (AvgIpc) is 3.10. The molecule has 0 fully saturated rings. The number of phenols is 1. The summed E-state index contributed by atoms with van der Waals surface area (Å²) in [7, 11) is 3.87. The maximum Gasteiger partial charge on any atom is 0.342 e. The molecule has 0 atom stereocenters. The number of halogens is 1. The number of amides is 1. The summed E-state index contributed by atoms with van der Waals surface area (Å²) >= 11 is 5.91. The van der Waals surface area contributed by atoms with Crippen molar-refractivity contribution in [1.82, 2.24) is 25.0 Å². The number of hydrogen-bond acceptors (Lipinski definition) is 5. The molecule has 0 saturated heterocycles. The second-order valence-corrected chi connectivity index (χ2v) is 6.68. The SMILES string of the molecule is CN(C)CCNC(=O)n1cc(-c2ccncc2)c(-c2ccc(Cl)c(O)c2)n1. The van der Waals surface area contributed by atoms with E-state index in [1.807, 2.05) is 31.1 Å². The molecule has 0 aliphatic heterocycles. The van der Waals surface area contributed by atoms with Crippen molar-refractivity contribution in [3.8, 4) is 28.1 Å². The highest BCUT2D eigenvalue weighted by Gasteiger charge is 2.17. The highest BCUT2D eigenvalue weighted by molar-refractivity contribution is 6.32. The largest absolute Gasteiger partial charge is 0.506 e. The molecule has 1 aromatic carbocycles. The van der Waals surface area contributed by atoms with Crippen LogP contribution in [0.15, 0.2) is 48.9 Å². The standard InChI is InChI=1S/C19H20ClN5O2/c1-24(2)10-9-22-19(27)25-12-15(13-5-7-21-8-6-13)18(23-25)14-3-4-16(20)17(26)11-14/h3-8,11-12,26H,9-10H2,1-2H3,(H,22,27). The van der Waals surface area contributed by atoms with E-state index in [9.17, 15) is 9.90 Å². The molecule has 0 radical (unpaired) electrons. The molecule has 0 aliphatic rings. The van der Waals surface area contributed by atoms with Crippen LogP contribution in [0.25, 0.3) is 22.4 Å². The maximum atomic E-state index is 12.5. The zero-order chi connectivity index (χ0) is 19.4. The number of nitrogens with one attached hydrogen (secondary N) is 1. The van der Waals surface area contributed by atoms with Gasteiger partial charge in [-0.1, -0.05) is 17.7 Å². The summed E-state index contributed by atoms with van der Waals surface area (Å²) in [5, 5.41) is 17.5. The molecule has 0 bridgehead atoms. The Morgan fingerprint density at radius 2 is 1.96 bits per heavy atom. The quantitative estimate of drug-likeness (QED) is 0.705. The van der Waals surface area contributed by atoms with Crippen molar-refractivity contribution in [2.24, 2.45) is 0 Å². The number of aromatic nitrogens is 3. The van der Waals surface area contributed by atoms with Gasteiger partial charge in [0.1, 0.15) is 11.4 Å². The Kier molecular flexibility index (Phi) is 5.73. The van der Waals surface area contributed by atoms with Crippen LogP contribution in [-0.4, -0.2) is 58.0 Å². The topological polar surface area (TPSA) is 83.3 Å². The van der Waals surface area contributed by atoms with E-state index in [1.54, 1.807) is 30.7 Å². The third-order valence-electron chi connectivity index (χ3n) is 3.97. The third kappa shape index (κ3) is 4.45. The summed E-state index contributed by atoms with van der Waals surface area (Å²) in [6.45, 7) is 1.23. The van der Waals surface area contributed by atoms with Gasteiger partial charge in [-0.3, -0.25) is 4.98 Å². The molecule has 1 amide bonds. The van der Waals surface area contributed by atoms with E-state index in [0.717, 1.165) is 17.7 Å². The minimum atomic E-state index is -0.323. The van der Waals surface area contributed by atoms with E-state index < -0.39 is 0 Å². The van der Waals surface area contributed by atoms with E-state index >= 15 is 0 Å². The van der Waals surface area contributed by atoms with Crippen molar-refractivity contribution >= 4 is 17.6 Å². The lowest BCUT2D eigenvalue weighted by Gasteiger charge is -2.09. The molecule has 0 aliphatic carbocycles. The zero-order valence-electron chi connectivity index (χ0n) is 15.1. The van der Waals surface area contributed by atoms with Crippen LogP contribution in [-0.2, 0) is 0 Å². The summed E-state index contributed by atoms with van der Waals surface area (Å²) in [5.41, 5.74) is 2.84. The van der Waals surface area contributed by atoms with Crippen molar-refractivity contribution in [3.63, 3.8) is 0 Å². The molecule has 0 saturated carbocycles. The fraction of sp³-hybridized carbons (Fsp3) is 0.211. The van der Waals surface area contributed by atoms with E-state index in [-0.39, 0.29) is 16.8 Å². The normalized spacial score (nSPS) is 11.0. The van der Waals surface area contributed by atoms with Crippen LogP contribution in [0.3, 0.4) is 0 Å². The third-order valence-corrected chi connectivity index (χ3v) is 4.29. The predicted molar refractivity (Wildman–Crippen MR) is 105 cm³/mol. The molecule has 2 N–H and O–H groups in total. The molecular formula is C19H20ClN5O2. The Labute approximate surface area is 162 Å². The number of phenolic OH excluding ortho intramolecular Hbond substituents is 1. The fourth-order valence-electron chi connectivity index (χ4n) is 2.56. The summed E-state index contributed by atoms with van der Waals surface area (Å²) in [6, 6.07) is 8.23. The highest BCUT2D eigenvalue weighted by Crippen LogP contribution is 2.34. The molecule has 2 aromatic heterocycles. The Hall–Kier alpha value is -2.90. The lowest BCUT2D eigenvalue weighted by molar-refractivity contribution is 0.238. The minimum absolute atomic E-state index is 0.0418. The van der Waals surface area contributed by atoms with Gasteiger partial charge in [0.05, 0.1) is 5.02 Å². The van der Waals surface area contributed by atoms with Crippen LogP contribution < -0.4 is 5.32 Å². The number of rotatable bonds is 5. The van der Waals surface area contributed by atoms with Gasteiger partial charge in [-0.2, -0.15) is 9.78 Å². The molecular weight excluding hydrogens is 366 g/mol. The van der Waals surface area contributed by atoms with Crippen molar-refractivity contribution in [3.05, 3.63) is 53.9 Å². The Morgan fingerprint density at radius 3 is 2.63 bits per heavy atom. The van der Waals surface area contributed by atoms with E-state index in [2.05, 4.69) is 15.4 Å². The summed E-state index contributed by atoms with van der Waals surface area (Å²) in [4.78, 5) is 18.5. The van der Waals surface area contributed by atoms with Gasteiger partial charge in [0.25, 0.3) is 0 Å². The van der Waals surface area contributed by atoms with Crippen LogP contribution >= 0.6 is 11.6 Å². The fourth-order valence-corrected chi connectivity index (χ4v) is 2.68. The number of benzene rings is 1. The van der Waals surface area contributed by atoms with E-state index in [1.165, 1.54) is 10.7 Å². The van der Waals surface area contributed by atoms with E-state index in [4.69, 9.17) is 11.6 Å². The maximum absolute atomic E-state index is 12.5. The lowest BCUT2D eigenvalue weighted by Crippen LogP contribution is -2.34. The Morgan fingerprint density at radius 1 is 1.22 bits per heavy atom. The first-order valence-corrected chi connectivity index (χ1v) is 8.75. The molecule has 3 aromatic rings. The van der Waals surface area contributed by atoms with Gasteiger partial charge >= 0.3 is 6.03 Å². The Balaban J connectivity index is 1.99. The summed E-state index contributed by atoms with van der Waals surface area (Å²) in [6.07, 6.45) is 5.02. The smallest absolute Gasteiger partial charge is 0.342 e. The number of aromatic hydroxyl groups is 1. The first kappa shape index (κ1) is 18.9. The zero-order valence-corrected chi connectivity index (χ0v) is 15.8. The minimum Gasteiger partial charge on any atom is -0.506 e. The highest BCUT2D eigenvalue weighted by atomic mass is 35.5. The van der Waals surface area contributed by atoms with Crippen LogP contribution in [0, 0.1) is 0 Å². The summed E-state index contributed by atoms with van der Waals surface area (Å²) < 4.78 is 1.27. The lowest BCUT2D eigenvalue weighted by atomic mass is 10.0.